The van der Waals surface area contributed by atoms with E-state index in [2.05, 4.69) is 0 Å². The maximum absolute atomic E-state index is 11.1. The van der Waals surface area contributed by atoms with Gasteiger partial charge < -0.3 is 9.53 Å². The predicted molar refractivity (Wildman–Crippen MR) is 42.8 cm³/mol. The molecule has 1 heterocycles. The fraction of sp³-hybridized carbons (Fsp3) is 0.750. The standard InChI is InChI=1S/C8H13NO3/c1-8(2,3)12-7(11)9-4-6(9)5-10/h5-6H,4H2,1-3H3/t6-,9?/m0/s1. The normalized spacial score (nSPS) is 21.9. The predicted octanol–water partition coefficient (Wildman–Crippen LogP) is 0.805. The number of carbonyl (C=O) groups is 2. The Hall–Kier alpha value is -1.06. The first-order chi connectivity index (χ1) is 5.44. The Balaban J connectivity index is 2.36. The van der Waals surface area contributed by atoms with Crippen molar-refractivity contribution in [3.8, 4) is 0 Å². The summed E-state index contributed by atoms with van der Waals surface area (Å²) in [6.45, 7) is 5.89. The molecule has 0 aliphatic carbocycles. The number of nitrogens with zero attached hydrogens (tertiary/aromatic N) is 1. The third-order valence-electron chi connectivity index (χ3n) is 1.44. The molecule has 68 valence electrons. The summed E-state index contributed by atoms with van der Waals surface area (Å²) in [7, 11) is 0. The maximum Gasteiger partial charge on any atom is 0.411 e. The molecule has 4 nitrogen and oxygen atoms in total. The van der Waals surface area contributed by atoms with Crippen LogP contribution in [0.2, 0.25) is 0 Å². The van der Waals surface area contributed by atoms with E-state index in [0.29, 0.717) is 6.54 Å². The lowest BCUT2D eigenvalue weighted by Gasteiger charge is -2.19. The van der Waals surface area contributed by atoms with Crippen molar-refractivity contribution in [3.05, 3.63) is 0 Å². The van der Waals surface area contributed by atoms with Crippen LogP contribution >= 0.6 is 0 Å². The molecule has 0 saturated carbocycles. The average molecular weight is 171 g/mol. The molecule has 1 aliphatic heterocycles. The van der Waals surface area contributed by atoms with Crippen molar-refractivity contribution in [2.45, 2.75) is 32.4 Å². The molecule has 0 aromatic rings. The molecule has 0 aromatic carbocycles. The lowest BCUT2D eigenvalue weighted by molar-refractivity contribution is -0.108. The molecule has 12 heavy (non-hydrogen) atoms. The van der Waals surface area contributed by atoms with E-state index in [9.17, 15) is 9.59 Å². The summed E-state index contributed by atoms with van der Waals surface area (Å²) in [6, 6.07) is -0.250. The number of carbonyl (C=O) groups excluding carboxylic acids is 2. The first kappa shape index (κ1) is 9.03. The molecule has 0 unspecified atom stereocenters. The summed E-state index contributed by atoms with van der Waals surface area (Å²) < 4.78 is 5.02. The number of aldehydes is 1. The Morgan fingerprint density at radius 2 is 2.17 bits per heavy atom. The molecule has 1 fully saturated rings. The molecule has 1 aliphatic rings. The number of hydrogen-bond acceptors (Lipinski definition) is 3. The van der Waals surface area contributed by atoms with Crippen LogP contribution in [0.15, 0.2) is 0 Å². The molecule has 0 aromatic heterocycles. The molecule has 1 amide bonds. The molecule has 0 spiro atoms. The molecular formula is C8H13NO3. The Kier molecular flexibility index (Phi) is 2.08. The monoisotopic (exact) mass is 171 g/mol. The topological polar surface area (TPSA) is 46.4 Å². The van der Waals surface area contributed by atoms with Crippen LogP contribution in [0.1, 0.15) is 20.8 Å². The van der Waals surface area contributed by atoms with Crippen molar-refractivity contribution >= 4 is 12.4 Å². The number of hydrogen-bond donors (Lipinski definition) is 0. The summed E-state index contributed by atoms with van der Waals surface area (Å²) >= 11 is 0. The van der Waals surface area contributed by atoms with Crippen molar-refractivity contribution in [1.29, 1.82) is 0 Å². The van der Waals surface area contributed by atoms with E-state index in [4.69, 9.17) is 4.74 Å². The van der Waals surface area contributed by atoms with E-state index in [1.807, 2.05) is 0 Å². The van der Waals surface area contributed by atoms with Crippen molar-refractivity contribution in [1.82, 2.24) is 4.90 Å². The summed E-state index contributed by atoms with van der Waals surface area (Å²) in [5, 5.41) is 0. The molecule has 0 bridgehead atoms. The van der Waals surface area contributed by atoms with Crippen molar-refractivity contribution in [3.63, 3.8) is 0 Å². The van der Waals surface area contributed by atoms with Gasteiger partial charge in [0.1, 0.15) is 17.9 Å². The highest BCUT2D eigenvalue weighted by atomic mass is 16.6. The minimum atomic E-state index is -0.479. The van der Waals surface area contributed by atoms with E-state index in [0.717, 1.165) is 6.29 Å². The average Bonchev–Trinajstić information content (AvgIpc) is 2.60. The second-order valence-electron chi connectivity index (χ2n) is 3.84. The van der Waals surface area contributed by atoms with Gasteiger partial charge in [0.05, 0.1) is 6.54 Å². The van der Waals surface area contributed by atoms with Gasteiger partial charge in [0, 0.05) is 0 Å². The van der Waals surface area contributed by atoms with Crippen molar-refractivity contribution in [2.24, 2.45) is 0 Å². The van der Waals surface area contributed by atoms with E-state index in [1.165, 1.54) is 4.90 Å². The van der Waals surface area contributed by atoms with Gasteiger partial charge in [-0.25, -0.2) is 4.79 Å². The van der Waals surface area contributed by atoms with Gasteiger partial charge >= 0.3 is 6.09 Å². The van der Waals surface area contributed by atoms with Gasteiger partial charge in [-0.05, 0) is 20.8 Å². The van der Waals surface area contributed by atoms with E-state index >= 15 is 0 Å². The molecule has 1 atom stereocenters. The quantitative estimate of drug-likeness (QED) is 0.433. The van der Waals surface area contributed by atoms with E-state index in [-0.39, 0.29) is 6.04 Å². The lowest BCUT2D eigenvalue weighted by Crippen LogP contribution is -2.28. The Morgan fingerprint density at radius 3 is 2.50 bits per heavy atom. The second-order valence-corrected chi connectivity index (χ2v) is 3.84. The zero-order valence-electron chi connectivity index (χ0n) is 7.53. The molecule has 0 N–H and O–H groups in total. The summed E-state index contributed by atoms with van der Waals surface area (Å²) in [4.78, 5) is 22.7. The van der Waals surface area contributed by atoms with E-state index < -0.39 is 11.7 Å². The van der Waals surface area contributed by atoms with Gasteiger partial charge in [0.25, 0.3) is 0 Å². The van der Waals surface area contributed by atoms with Crippen LogP contribution in [-0.4, -0.2) is 35.5 Å². The largest absolute Gasteiger partial charge is 0.444 e. The van der Waals surface area contributed by atoms with Gasteiger partial charge in [-0.1, -0.05) is 0 Å². The summed E-state index contributed by atoms with van der Waals surface area (Å²) in [6.07, 6.45) is 0.351. The third-order valence-corrected chi connectivity index (χ3v) is 1.44. The first-order valence-corrected chi connectivity index (χ1v) is 3.89. The van der Waals surface area contributed by atoms with Gasteiger partial charge in [-0.2, -0.15) is 0 Å². The number of rotatable bonds is 1. The SMILES string of the molecule is CC(C)(C)OC(=O)N1C[C@H]1C=O. The Labute approximate surface area is 71.5 Å². The fourth-order valence-corrected chi connectivity index (χ4v) is 0.801. The zero-order valence-corrected chi connectivity index (χ0v) is 7.53. The minimum Gasteiger partial charge on any atom is -0.444 e. The smallest absolute Gasteiger partial charge is 0.411 e. The van der Waals surface area contributed by atoms with Gasteiger partial charge in [0.15, 0.2) is 0 Å². The molecule has 1 saturated heterocycles. The summed E-state index contributed by atoms with van der Waals surface area (Å²) in [5.41, 5.74) is -0.479. The maximum atomic E-state index is 11.1. The fourth-order valence-electron chi connectivity index (χ4n) is 0.801. The summed E-state index contributed by atoms with van der Waals surface area (Å²) in [5.74, 6) is 0. The molecule has 4 heteroatoms. The second kappa shape index (κ2) is 2.77. The van der Waals surface area contributed by atoms with Crippen LogP contribution in [0, 0.1) is 0 Å². The highest BCUT2D eigenvalue weighted by Gasteiger charge is 2.40. The van der Waals surface area contributed by atoms with E-state index in [1.54, 1.807) is 20.8 Å². The first-order valence-electron chi connectivity index (χ1n) is 3.89. The Morgan fingerprint density at radius 1 is 1.58 bits per heavy atom. The van der Waals surface area contributed by atoms with Crippen LogP contribution in [0.3, 0.4) is 0 Å². The van der Waals surface area contributed by atoms with Crippen molar-refractivity contribution in [2.75, 3.05) is 6.54 Å². The molecule has 0 radical (unpaired) electrons. The third kappa shape index (κ3) is 2.22. The van der Waals surface area contributed by atoms with Crippen LogP contribution in [0.4, 0.5) is 4.79 Å². The number of ether oxygens (including phenoxy) is 1. The highest BCUT2D eigenvalue weighted by Crippen LogP contribution is 2.19. The van der Waals surface area contributed by atoms with Crippen molar-refractivity contribution < 1.29 is 14.3 Å². The van der Waals surface area contributed by atoms with Crippen LogP contribution < -0.4 is 0 Å². The molecular weight excluding hydrogens is 158 g/mol. The number of amides is 1. The van der Waals surface area contributed by atoms with Crippen LogP contribution in [0.25, 0.3) is 0 Å². The minimum absolute atomic E-state index is 0.250. The highest BCUT2D eigenvalue weighted by molar-refractivity contribution is 5.79. The van der Waals surface area contributed by atoms with Crippen LogP contribution in [0.5, 0.6) is 0 Å². The molecule has 1 rings (SSSR count). The van der Waals surface area contributed by atoms with Gasteiger partial charge in [-0.15, -0.1) is 0 Å². The van der Waals surface area contributed by atoms with Gasteiger partial charge in [-0.3, -0.25) is 4.90 Å². The lowest BCUT2D eigenvalue weighted by atomic mass is 10.2. The van der Waals surface area contributed by atoms with Crippen LogP contribution in [-0.2, 0) is 9.53 Å². The zero-order chi connectivity index (χ0) is 9.35. The van der Waals surface area contributed by atoms with Gasteiger partial charge in [0.2, 0.25) is 0 Å². The Bertz CT molecular complexity index is 207.